The van der Waals surface area contributed by atoms with Gasteiger partial charge in [-0.15, -0.1) is 0 Å². The standard InChI is InChI=1S/C21H32N2O5/c1-5-6-12-17(14-23(27)15-24)19(25)22-18(20(26)28-21(2,3)4)13-16-10-8-7-9-11-16/h7-11,15,17-18,27H,5-6,12-14H2,1-4H3,(H,22,25)/t17?,18-/m0/s1. The molecule has 1 aromatic carbocycles. The average Bonchev–Trinajstić information content (AvgIpc) is 2.63. The van der Waals surface area contributed by atoms with E-state index in [0.29, 0.717) is 17.9 Å². The van der Waals surface area contributed by atoms with Gasteiger partial charge in [-0.3, -0.25) is 14.8 Å². The normalized spacial score (nSPS) is 13.3. The molecular formula is C21H32N2O5. The van der Waals surface area contributed by atoms with Crippen molar-refractivity contribution in [2.45, 2.75) is 65.0 Å². The Hall–Kier alpha value is -2.41. The van der Waals surface area contributed by atoms with Crippen LogP contribution in [0.25, 0.3) is 0 Å². The molecule has 1 rings (SSSR count). The van der Waals surface area contributed by atoms with Crippen molar-refractivity contribution < 1.29 is 24.3 Å². The van der Waals surface area contributed by atoms with Gasteiger partial charge < -0.3 is 10.1 Å². The fourth-order valence-corrected chi connectivity index (χ4v) is 2.73. The summed E-state index contributed by atoms with van der Waals surface area (Å²) in [6.07, 6.45) is 2.69. The zero-order valence-electron chi connectivity index (χ0n) is 17.2. The van der Waals surface area contributed by atoms with Crippen LogP contribution in [0.5, 0.6) is 0 Å². The molecule has 2 amide bonds. The third-order valence-electron chi connectivity index (χ3n) is 4.10. The van der Waals surface area contributed by atoms with Gasteiger partial charge in [0.1, 0.15) is 11.6 Å². The zero-order valence-corrected chi connectivity index (χ0v) is 17.2. The second-order valence-electron chi connectivity index (χ2n) is 7.85. The topological polar surface area (TPSA) is 95.9 Å². The molecule has 0 aliphatic heterocycles. The number of hydroxylamine groups is 2. The highest BCUT2D eigenvalue weighted by Gasteiger charge is 2.30. The first-order valence-corrected chi connectivity index (χ1v) is 9.64. The summed E-state index contributed by atoms with van der Waals surface area (Å²) in [6.45, 7) is 7.17. The van der Waals surface area contributed by atoms with Gasteiger partial charge in [0.05, 0.1) is 12.5 Å². The first-order chi connectivity index (χ1) is 13.2. The molecule has 0 saturated carbocycles. The van der Waals surface area contributed by atoms with E-state index in [4.69, 9.17) is 4.74 Å². The number of hydrogen-bond acceptors (Lipinski definition) is 5. The quantitative estimate of drug-likeness (QED) is 0.261. The van der Waals surface area contributed by atoms with Crippen LogP contribution in [0, 0.1) is 5.92 Å². The lowest BCUT2D eigenvalue weighted by atomic mass is 9.99. The van der Waals surface area contributed by atoms with Crippen LogP contribution in [0.15, 0.2) is 30.3 Å². The van der Waals surface area contributed by atoms with Crippen molar-refractivity contribution in [2.75, 3.05) is 6.54 Å². The largest absolute Gasteiger partial charge is 0.458 e. The maximum absolute atomic E-state index is 12.8. The lowest BCUT2D eigenvalue weighted by molar-refractivity contribution is -0.160. The molecule has 0 saturated heterocycles. The van der Waals surface area contributed by atoms with Crippen LogP contribution in [-0.2, 0) is 25.5 Å². The van der Waals surface area contributed by atoms with Crippen LogP contribution in [-0.4, -0.2) is 46.7 Å². The van der Waals surface area contributed by atoms with Crippen LogP contribution < -0.4 is 5.32 Å². The summed E-state index contributed by atoms with van der Waals surface area (Å²) in [5.74, 6) is -1.52. The second kappa shape index (κ2) is 11.4. The molecule has 7 nitrogen and oxygen atoms in total. The van der Waals surface area contributed by atoms with Gasteiger partial charge in [-0.1, -0.05) is 50.1 Å². The molecule has 0 aliphatic carbocycles. The van der Waals surface area contributed by atoms with Crippen molar-refractivity contribution in [3.63, 3.8) is 0 Å². The number of carbonyl (C=O) groups is 3. The Kier molecular flexibility index (Phi) is 9.65. The first-order valence-electron chi connectivity index (χ1n) is 9.64. The number of unbranched alkanes of at least 4 members (excludes halogenated alkanes) is 1. The smallest absolute Gasteiger partial charge is 0.329 e. The third-order valence-corrected chi connectivity index (χ3v) is 4.10. The van der Waals surface area contributed by atoms with E-state index in [1.807, 2.05) is 37.3 Å². The predicted octanol–water partition coefficient (Wildman–Crippen LogP) is 2.71. The molecule has 1 aromatic rings. The van der Waals surface area contributed by atoms with E-state index in [9.17, 15) is 19.6 Å². The van der Waals surface area contributed by atoms with E-state index in [0.717, 1.165) is 18.4 Å². The van der Waals surface area contributed by atoms with E-state index in [1.54, 1.807) is 20.8 Å². The molecule has 28 heavy (non-hydrogen) atoms. The lowest BCUT2D eigenvalue weighted by Gasteiger charge is -2.26. The molecule has 0 spiro atoms. The van der Waals surface area contributed by atoms with Crippen LogP contribution in [0.2, 0.25) is 0 Å². The van der Waals surface area contributed by atoms with E-state index < -0.39 is 23.5 Å². The van der Waals surface area contributed by atoms with E-state index in [-0.39, 0.29) is 18.9 Å². The summed E-state index contributed by atoms with van der Waals surface area (Å²) in [6, 6.07) is 8.49. The summed E-state index contributed by atoms with van der Waals surface area (Å²) in [7, 11) is 0. The van der Waals surface area contributed by atoms with Gasteiger partial charge in [-0.25, -0.2) is 9.86 Å². The second-order valence-corrected chi connectivity index (χ2v) is 7.85. The van der Waals surface area contributed by atoms with Gasteiger partial charge in [-0.05, 0) is 32.8 Å². The molecule has 0 bridgehead atoms. The van der Waals surface area contributed by atoms with Crippen LogP contribution in [0.4, 0.5) is 0 Å². The molecule has 156 valence electrons. The molecule has 0 radical (unpaired) electrons. The van der Waals surface area contributed by atoms with Gasteiger partial charge in [0.25, 0.3) is 0 Å². The van der Waals surface area contributed by atoms with Crippen molar-refractivity contribution in [1.29, 1.82) is 0 Å². The Labute approximate surface area is 167 Å². The number of esters is 1. The van der Waals surface area contributed by atoms with Crippen LogP contribution in [0.3, 0.4) is 0 Å². The summed E-state index contributed by atoms with van der Waals surface area (Å²) < 4.78 is 5.47. The minimum Gasteiger partial charge on any atom is -0.458 e. The third kappa shape index (κ3) is 8.99. The van der Waals surface area contributed by atoms with Gasteiger partial charge in [0.2, 0.25) is 12.3 Å². The van der Waals surface area contributed by atoms with Crippen molar-refractivity contribution in [3.05, 3.63) is 35.9 Å². The summed E-state index contributed by atoms with van der Waals surface area (Å²) in [5.41, 5.74) is 0.207. The van der Waals surface area contributed by atoms with E-state index in [2.05, 4.69) is 5.32 Å². The minimum atomic E-state index is -0.860. The van der Waals surface area contributed by atoms with Gasteiger partial charge >= 0.3 is 5.97 Å². The zero-order chi connectivity index (χ0) is 21.2. The highest BCUT2D eigenvalue weighted by molar-refractivity contribution is 5.86. The first kappa shape index (κ1) is 23.6. The maximum atomic E-state index is 12.8. The fourth-order valence-electron chi connectivity index (χ4n) is 2.73. The number of amides is 2. The Bertz CT molecular complexity index is 627. The molecule has 1 unspecified atom stereocenters. The number of nitrogens with zero attached hydrogens (tertiary/aromatic N) is 1. The van der Waals surface area contributed by atoms with Crippen LogP contribution in [0.1, 0.15) is 52.5 Å². The van der Waals surface area contributed by atoms with Crippen molar-refractivity contribution >= 4 is 18.3 Å². The molecule has 0 aliphatic rings. The number of benzene rings is 1. The minimum absolute atomic E-state index is 0.123. The molecule has 0 heterocycles. The Morgan fingerprint density at radius 1 is 1.25 bits per heavy atom. The highest BCUT2D eigenvalue weighted by atomic mass is 16.6. The molecule has 2 atom stereocenters. The molecular weight excluding hydrogens is 360 g/mol. The van der Waals surface area contributed by atoms with Gasteiger partial charge in [-0.2, -0.15) is 0 Å². The van der Waals surface area contributed by atoms with Crippen molar-refractivity contribution in [1.82, 2.24) is 10.4 Å². The number of carbonyl (C=O) groups excluding carboxylic acids is 3. The fraction of sp³-hybridized carbons (Fsp3) is 0.571. The maximum Gasteiger partial charge on any atom is 0.329 e. The molecule has 2 N–H and O–H groups in total. The highest BCUT2D eigenvalue weighted by Crippen LogP contribution is 2.14. The summed E-state index contributed by atoms with van der Waals surface area (Å²) in [4.78, 5) is 36.2. The van der Waals surface area contributed by atoms with E-state index >= 15 is 0 Å². The monoisotopic (exact) mass is 392 g/mol. The van der Waals surface area contributed by atoms with Crippen molar-refractivity contribution in [2.24, 2.45) is 5.92 Å². The predicted molar refractivity (Wildman–Crippen MR) is 105 cm³/mol. The van der Waals surface area contributed by atoms with Crippen molar-refractivity contribution in [3.8, 4) is 0 Å². The molecule has 0 fully saturated rings. The van der Waals surface area contributed by atoms with E-state index in [1.165, 1.54) is 0 Å². The van der Waals surface area contributed by atoms with Gasteiger partial charge in [0, 0.05) is 6.42 Å². The number of nitrogens with one attached hydrogen (secondary N) is 1. The number of hydrogen-bond donors (Lipinski definition) is 2. The number of rotatable bonds is 11. The summed E-state index contributed by atoms with van der Waals surface area (Å²) >= 11 is 0. The molecule has 0 aromatic heterocycles. The summed E-state index contributed by atoms with van der Waals surface area (Å²) in [5, 5.41) is 12.7. The number of ether oxygens (including phenoxy) is 1. The van der Waals surface area contributed by atoms with Crippen LogP contribution >= 0.6 is 0 Å². The molecule has 7 heteroatoms. The Balaban J connectivity index is 2.95. The van der Waals surface area contributed by atoms with Gasteiger partial charge in [0.15, 0.2) is 0 Å². The average molecular weight is 392 g/mol. The lowest BCUT2D eigenvalue weighted by Crippen LogP contribution is -2.49. The Morgan fingerprint density at radius 2 is 1.89 bits per heavy atom. The SMILES string of the molecule is CCCCC(CN(O)C=O)C(=O)N[C@@H](Cc1ccccc1)C(=O)OC(C)(C)C. The Morgan fingerprint density at radius 3 is 2.43 bits per heavy atom.